The maximum Gasteiger partial charge on any atom is 0.306 e. The molecule has 5 heteroatoms. The van der Waals surface area contributed by atoms with Gasteiger partial charge in [-0.1, -0.05) is 22.0 Å². The van der Waals surface area contributed by atoms with Gasteiger partial charge in [0.2, 0.25) is 0 Å². The van der Waals surface area contributed by atoms with Gasteiger partial charge in [0.15, 0.2) is 0 Å². The summed E-state index contributed by atoms with van der Waals surface area (Å²) in [5.41, 5.74) is 0.651. The van der Waals surface area contributed by atoms with Gasteiger partial charge in [0, 0.05) is 16.0 Å². The van der Waals surface area contributed by atoms with Gasteiger partial charge in [-0.2, -0.15) is 11.8 Å². The van der Waals surface area contributed by atoms with Gasteiger partial charge >= 0.3 is 5.97 Å². The molecule has 0 aromatic heterocycles. The Kier molecular flexibility index (Phi) is 5.84. The minimum Gasteiger partial charge on any atom is -0.469 e. The summed E-state index contributed by atoms with van der Waals surface area (Å²) in [6.07, 6.45) is 0.360. The van der Waals surface area contributed by atoms with E-state index in [4.69, 9.17) is 0 Å². The quantitative estimate of drug-likeness (QED) is 0.616. The molecule has 0 saturated heterocycles. The molecule has 16 heavy (non-hydrogen) atoms. The fraction of sp³-hybridized carbons (Fsp3) is 0.364. The third-order valence-electron chi connectivity index (χ3n) is 1.95. The van der Waals surface area contributed by atoms with Gasteiger partial charge in [0.25, 0.3) is 0 Å². The average molecular weight is 307 g/mol. The van der Waals surface area contributed by atoms with Crippen LogP contribution in [0, 0.1) is 5.82 Å². The predicted octanol–water partition coefficient (Wildman–Crippen LogP) is 3.38. The number of esters is 1. The number of carbonyl (C=O) groups excluding carboxylic acids is 1. The first-order valence-electron chi connectivity index (χ1n) is 4.72. The highest BCUT2D eigenvalue weighted by Crippen LogP contribution is 2.20. The van der Waals surface area contributed by atoms with Crippen molar-refractivity contribution in [1.29, 1.82) is 0 Å². The highest BCUT2D eigenvalue weighted by Gasteiger charge is 2.04. The second-order valence-corrected chi connectivity index (χ2v) is 5.14. The number of ether oxygens (including phenoxy) is 1. The van der Waals surface area contributed by atoms with E-state index in [1.165, 1.54) is 24.9 Å². The van der Waals surface area contributed by atoms with E-state index in [0.717, 1.165) is 4.47 Å². The van der Waals surface area contributed by atoms with Crippen LogP contribution >= 0.6 is 27.7 Å². The van der Waals surface area contributed by atoms with Crippen molar-refractivity contribution < 1.29 is 13.9 Å². The molecule has 0 unspecified atom stereocenters. The van der Waals surface area contributed by atoms with Gasteiger partial charge in [-0.25, -0.2) is 4.39 Å². The van der Waals surface area contributed by atoms with Crippen molar-refractivity contribution in [2.45, 2.75) is 12.2 Å². The van der Waals surface area contributed by atoms with Crippen LogP contribution < -0.4 is 0 Å². The van der Waals surface area contributed by atoms with Crippen molar-refractivity contribution in [3.63, 3.8) is 0 Å². The zero-order valence-electron chi connectivity index (χ0n) is 8.83. The maximum absolute atomic E-state index is 13.4. The third-order valence-corrected chi connectivity index (χ3v) is 3.45. The summed E-state index contributed by atoms with van der Waals surface area (Å²) in [7, 11) is 1.36. The lowest BCUT2D eigenvalue weighted by Crippen LogP contribution is -2.01. The number of hydrogen-bond acceptors (Lipinski definition) is 3. The van der Waals surface area contributed by atoms with Gasteiger partial charge in [-0.15, -0.1) is 0 Å². The lowest BCUT2D eigenvalue weighted by molar-refractivity contribution is -0.140. The Balaban J connectivity index is 2.35. The summed E-state index contributed by atoms with van der Waals surface area (Å²) in [6, 6.07) is 4.99. The molecular weight excluding hydrogens is 295 g/mol. The monoisotopic (exact) mass is 306 g/mol. The Labute approximate surface area is 107 Å². The number of thioether (sulfide) groups is 1. The first-order valence-corrected chi connectivity index (χ1v) is 6.66. The average Bonchev–Trinajstić information content (AvgIpc) is 2.26. The lowest BCUT2D eigenvalue weighted by atomic mass is 10.2. The number of benzene rings is 1. The maximum atomic E-state index is 13.4. The molecule has 0 bridgehead atoms. The van der Waals surface area contributed by atoms with Gasteiger partial charge in [-0.05, 0) is 17.7 Å². The molecule has 0 aliphatic carbocycles. The minimum atomic E-state index is -0.233. The Morgan fingerprint density at radius 1 is 1.56 bits per heavy atom. The van der Waals surface area contributed by atoms with E-state index in [-0.39, 0.29) is 11.8 Å². The van der Waals surface area contributed by atoms with Crippen LogP contribution in [0.15, 0.2) is 22.7 Å². The van der Waals surface area contributed by atoms with Crippen LogP contribution in [-0.4, -0.2) is 18.8 Å². The first-order chi connectivity index (χ1) is 7.63. The minimum absolute atomic E-state index is 0.222. The lowest BCUT2D eigenvalue weighted by Gasteiger charge is -2.03. The largest absolute Gasteiger partial charge is 0.469 e. The van der Waals surface area contributed by atoms with Crippen molar-refractivity contribution in [3.8, 4) is 0 Å². The molecule has 0 N–H and O–H groups in total. The van der Waals surface area contributed by atoms with E-state index in [2.05, 4.69) is 20.7 Å². The summed E-state index contributed by atoms with van der Waals surface area (Å²) in [6.45, 7) is 0. The topological polar surface area (TPSA) is 26.3 Å². The molecule has 0 heterocycles. The molecule has 0 radical (unpaired) electrons. The van der Waals surface area contributed by atoms with Gasteiger partial charge in [0.1, 0.15) is 5.82 Å². The molecule has 0 aliphatic heterocycles. The summed E-state index contributed by atoms with van der Waals surface area (Å²) in [5.74, 6) is 0.752. The predicted molar refractivity (Wildman–Crippen MR) is 66.9 cm³/mol. The van der Waals surface area contributed by atoms with E-state index in [1.807, 2.05) is 0 Å². The van der Waals surface area contributed by atoms with Crippen LogP contribution in [0.5, 0.6) is 0 Å². The van der Waals surface area contributed by atoms with Crippen LogP contribution in [-0.2, 0) is 15.3 Å². The van der Waals surface area contributed by atoms with Crippen LogP contribution in [0.2, 0.25) is 0 Å². The zero-order chi connectivity index (χ0) is 12.0. The first kappa shape index (κ1) is 13.5. The standard InChI is InChI=1S/C11H12BrFO2S/c1-15-11(14)4-5-16-7-8-2-3-9(12)6-10(8)13/h2-3,6H,4-5,7H2,1H3. The van der Waals surface area contributed by atoms with Gasteiger partial charge in [0.05, 0.1) is 13.5 Å². The van der Waals surface area contributed by atoms with Gasteiger partial charge in [-0.3, -0.25) is 4.79 Å². The summed E-state index contributed by atoms with van der Waals surface area (Å²) in [5, 5.41) is 0. The number of methoxy groups -OCH3 is 1. The highest BCUT2D eigenvalue weighted by atomic mass is 79.9. The molecular formula is C11H12BrFO2S. The van der Waals surface area contributed by atoms with Crippen molar-refractivity contribution in [2.75, 3.05) is 12.9 Å². The van der Waals surface area contributed by atoms with E-state index < -0.39 is 0 Å². The zero-order valence-corrected chi connectivity index (χ0v) is 11.2. The normalized spacial score (nSPS) is 10.2. The summed E-state index contributed by atoms with van der Waals surface area (Å²) >= 11 is 4.71. The molecule has 0 fully saturated rings. The second kappa shape index (κ2) is 6.91. The van der Waals surface area contributed by atoms with Crippen LogP contribution in [0.4, 0.5) is 4.39 Å². The molecule has 0 spiro atoms. The van der Waals surface area contributed by atoms with Crippen molar-refractivity contribution >= 4 is 33.7 Å². The summed E-state index contributed by atoms with van der Waals surface area (Å²) in [4.78, 5) is 10.8. The highest BCUT2D eigenvalue weighted by molar-refractivity contribution is 9.10. The Morgan fingerprint density at radius 2 is 2.31 bits per heavy atom. The van der Waals surface area contributed by atoms with E-state index >= 15 is 0 Å². The molecule has 2 nitrogen and oxygen atoms in total. The van der Waals surface area contributed by atoms with Gasteiger partial charge < -0.3 is 4.74 Å². The fourth-order valence-corrected chi connectivity index (χ4v) is 2.32. The molecule has 1 aromatic carbocycles. The molecule has 0 amide bonds. The van der Waals surface area contributed by atoms with Crippen molar-refractivity contribution in [2.24, 2.45) is 0 Å². The molecule has 0 aliphatic rings. The molecule has 0 atom stereocenters. The van der Waals surface area contributed by atoms with E-state index in [9.17, 15) is 9.18 Å². The Hall–Kier alpha value is -0.550. The van der Waals surface area contributed by atoms with E-state index in [0.29, 0.717) is 23.5 Å². The van der Waals surface area contributed by atoms with Crippen LogP contribution in [0.3, 0.4) is 0 Å². The van der Waals surface area contributed by atoms with E-state index in [1.54, 1.807) is 12.1 Å². The van der Waals surface area contributed by atoms with Crippen molar-refractivity contribution in [1.82, 2.24) is 0 Å². The molecule has 88 valence electrons. The SMILES string of the molecule is COC(=O)CCSCc1ccc(Br)cc1F. The second-order valence-electron chi connectivity index (χ2n) is 3.11. The number of carbonyl (C=O) groups is 1. The number of rotatable bonds is 5. The van der Waals surface area contributed by atoms with Crippen LogP contribution in [0.1, 0.15) is 12.0 Å². The van der Waals surface area contributed by atoms with Crippen LogP contribution in [0.25, 0.3) is 0 Å². The molecule has 1 rings (SSSR count). The number of halogens is 2. The molecule has 1 aromatic rings. The smallest absolute Gasteiger partial charge is 0.306 e. The number of hydrogen-bond donors (Lipinski definition) is 0. The van der Waals surface area contributed by atoms with Crippen molar-refractivity contribution in [3.05, 3.63) is 34.1 Å². The Morgan fingerprint density at radius 3 is 2.94 bits per heavy atom. The Bertz CT molecular complexity index is 371. The summed E-state index contributed by atoms with van der Waals surface area (Å²) < 4.78 is 18.6. The third kappa shape index (κ3) is 4.53. The molecule has 0 saturated carbocycles. The fourth-order valence-electron chi connectivity index (χ4n) is 1.08.